The summed E-state index contributed by atoms with van der Waals surface area (Å²) in [6.07, 6.45) is 1.88. The third kappa shape index (κ3) is 4.39. The Labute approximate surface area is 168 Å². The van der Waals surface area contributed by atoms with Gasteiger partial charge in [0.1, 0.15) is 34.5 Å². The summed E-state index contributed by atoms with van der Waals surface area (Å²) in [5.41, 5.74) is 0. The van der Waals surface area contributed by atoms with E-state index in [1.165, 1.54) is 0 Å². The highest BCUT2D eigenvalue weighted by Gasteiger charge is 2.29. The Hall–Kier alpha value is -2.33. The largest absolute Gasteiger partial charge is 0.496 e. The fourth-order valence-electron chi connectivity index (χ4n) is 3.07. The van der Waals surface area contributed by atoms with Crippen molar-refractivity contribution in [1.29, 1.82) is 0 Å². The summed E-state index contributed by atoms with van der Waals surface area (Å²) < 4.78 is 33.7. The molecule has 0 N–H and O–H groups in total. The van der Waals surface area contributed by atoms with Crippen molar-refractivity contribution in [2.24, 2.45) is 0 Å². The van der Waals surface area contributed by atoms with Gasteiger partial charge in [0, 0.05) is 24.3 Å². The number of methoxy groups -OCH3 is 6. The molecule has 0 aliphatic rings. The highest BCUT2D eigenvalue weighted by Crippen LogP contribution is 2.48. The lowest BCUT2D eigenvalue weighted by molar-refractivity contribution is 0.379. The Kier molecular flexibility index (Phi) is 8.06. The maximum Gasteiger partial charge on any atom is 0.134 e. The quantitative estimate of drug-likeness (QED) is 0.560. The van der Waals surface area contributed by atoms with Crippen LogP contribution in [-0.4, -0.2) is 48.8 Å². The molecule has 0 saturated heterocycles. The van der Waals surface area contributed by atoms with Crippen LogP contribution in [0.1, 0.15) is 13.3 Å². The molecule has 0 unspecified atom stereocenters. The molecular weight excluding hydrogens is 379 g/mol. The van der Waals surface area contributed by atoms with E-state index in [4.69, 9.17) is 28.4 Å². The number of hydrogen-bond acceptors (Lipinski definition) is 6. The minimum Gasteiger partial charge on any atom is -0.496 e. The Balaban J connectivity index is 2.81. The Morgan fingerprint density at radius 3 is 1.11 bits per heavy atom. The average molecular weight is 408 g/mol. The first-order valence-corrected chi connectivity index (χ1v) is 10.5. The molecule has 2 aromatic carbocycles. The summed E-state index contributed by atoms with van der Waals surface area (Å²) in [7, 11) is 8.95. The van der Waals surface area contributed by atoms with Crippen LogP contribution >= 0.6 is 7.92 Å². The van der Waals surface area contributed by atoms with E-state index < -0.39 is 7.92 Å². The lowest BCUT2D eigenvalue weighted by Crippen LogP contribution is -2.21. The number of rotatable bonds is 10. The second-order valence-electron chi connectivity index (χ2n) is 5.91. The molecule has 6 nitrogen and oxygen atoms in total. The molecule has 0 bridgehead atoms. The van der Waals surface area contributed by atoms with Crippen LogP contribution in [0.2, 0.25) is 0 Å². The van der Waals surface area contributed by atoms with Crippen LogP contribution in [0.5, 0.6) is 34.5 Å². The minimum absolute atomic E-state index is 0.678. The standard InChI is InChI=1S/C21H29O6P/c1-8-9-28(20-16(24-4)10-14(22-2)11-17(20)25-5)21-18(26-6)12-15(23-3)13-19(21)27-7/h10-13H,8-9H2,1-7H3. The summed E-state index contributed by atoms with van der Waals surface area (Å²) in [6.45, 7) is 2.15. The maximum atomic E-state index is 5.72. The summed E-state index contributed by atoms with van der Waals surface area (Å²) in [5.74, 6) is 4.23. The molecule has 0 spiro atoms. The van der Waals surface area contributed by atoms with E-state index in [1.807, 2.05) is 24.3 Å². The van der Waals surface area contributed by atoms with Crippen molar-refractivity contribution in [3.05, 3.63) is 24.3 Å². The topological polar surface area (TPSA) is 55.4 Å². The first-order chi connectivity index (χ1) is 13.6. The van der Waals surface area contributed by atoms with E-state index >= 15 is 0 Å². The van der Waals surface area contributed by atoms with E-state index in [1.54, 1.807) is 42.7 Å². The first-order valence-electron chi connectivity index (χ1n) is 8.95. The Morgan fingerprint density at radius 1 is 0.571 bits per heavy atom. The van der Waals surface area contributed by atoms with Crippen molar-refractivity contribution >= 4 is 18.5 Å². The van der Waals surface area contributed by atoms with Crippen molar-refractivity contribution in [3.8, 4) is 34.5 Å². The zero-order valence-corrected chi connectivity index (χ0v) is 18.5. The zero-order valence-electron chi connectivity index (χ0n) is 17.6. The van der Waals surface area contributed by atoms with Gasteiger partial charge < -0.3 is 28.4 Å². The maximum absolute atomic E-state index is 5.72. The number of ether oxygens (including phenoxy) is 6. The molecule has 0 aliphatic heterocycles. The van der Waals surface area contributed by atoms with Crippen molar-refractivity contribution in [3.63, 3.8) is 0 Å². The van der Waals surface area contributed by atoms with Gasteiger partial charge in [-0.1, -0.05) is 13.3 Å². The molecule has 0 amide bonds. The molecule has 2 rings (SSSR count). The smallest absolute Gasteiger partial charge is 0.134 e. The monoisotopic (exact) mass is 408 g/mol. The fraction of sp³-hybridized carbons (Fsp3) is 0.429. The minimum atomic E-state index is -0.903. The summed E-state index contributed by atoms with van der Waals surface area (Å²) >= 11 is 0. The molecule has 0 aromatic heterocycles. The molecule has 0 radical (unpaired) electrons. The van der Waals surface area contributed by atoms with Gasteiger partial charge in [0.15, 0.2) is 0 Å². The average Bonchev–Trinajstić information content (AvgIpc) is 2.75. The highest BCUT2D eigenvalue weighted by atomic mass is 31.1. The molecular formula is C21H29O6P. The molecule has 7 heteroatoms. The van der Waals surface area contributed by atoms with Gasteiger partial charge in [0.25, 0.3) is 0 Å². The van der Waals surface area contributed by atoms with Gasteiger partial charge in [-0.05, 0) is 14.1 Å². The van der Waals surface area contributed by atoms with E-state index in [9.17, 15) is 0 Å². The lowest BCUT2D eigenvalue weighted by Gasteiger charge is -2.26. The van der Waals surface area contributed by atoms with Crippen LogP contribution in [0, 0.1) is 0 Å². The van der Waals surface area contributed by atoms with Crippen molar-refractivity contribution in [2.45, 2.75) is 13.3 Å². The molecule has 0 aliphatic carbocycles. The number of hydrogen-bond donors (Lipinski definition) is 0. The van der Waals surface area contributed by atoms with Crippen LogP contribution in [0.4, 0.5) is 0 Å². The van der Waals surface area contributed by atoms with Crippen LogP contribution in [-0.2, 0) is 0 Å². The van der Waals surface area contributed by atoms with Crippen LogP contribution < -0.4 is 39.0 Å². The normalized spacial score (nSPS) is 10.6. The molecule has 28 heavy (non-hydrogen) atoms. The number of benzene rings is 2. The van der Waals surface area contributed by atoms with Gasteiger partial charge in [-0.3, -0.25) is 0 Å². The second kappa shape index (κ2) is 10.3. The second-order valence-corrected chi connectivity index (χ2v) is 8.11. The van der Waals surface area contributed by atoms with Crippen LogP contribution in [0.3, 0.4) is 0 Å². The van der Waals surface area contributed by atoms with Crippen LogP contribution in [0.15, 0.2) is 24.3 Å². The highest BCUT2D eigenvalue weighted by molar-refractivity contribution is 7.73. The predicted octanol–water partition coefficient (Wildman–Crippen LogP) is 3.58. The van der Waals surface area contributed by atoms with Crippen molar-refractivity contribution in [1.82, 2.24) is 0 Å². The van der Waals surface area contributed by atoms with Gasteiger partial charge in [-0.15, -0.1) is 0 Å². The van der Waals surface area contributed by atoms with Gasteiger partial charge in [-0.25, -0.2) is 0 Å². The van der Waals surface area contributed by atoms with Crippen LogP contribution in [0.25, 0.3) is 0 Å². The SMILES string of the molecule is CCCP(c1c(OC)cc(OC)cc1OC)c1c(OC)cc(OC)cc1OC. The van der Waals surface area contributed by atoms with Crippen molar-refractivity contribution in [2.75, 3.05) is 48.8 Å². The Bertz CT molecular complexity index is 679. The van der Waals surface area contributed by atoms with E-state index in [-0.39, 0.29) is 0 Å². The van der Waals surface area contributed by atoms with E-state index in [0.29, 0.717) is 11.5 Å². The lowest BCUT2D eigenvalue weighted by atomic mass is 10.3. The predicted molar refractivity (Wildman–Crippen MR) is 114 cm³/mol. The first kappa shape index (κ1) is 22.0. The van der Waals surface area contributed by atoms with Crippen molar-refractivity contribution < 1.29 is 28.4 Å². The third-order valence-electron chi connectivity index (χ3n) is 4.37. The molecule has 2 aromatic rings. The third-order valence-corrected chi connectivity index (χ3v) is 7.22. The molecule has 154 valence electrons. The fourth-order valence-corrected chi connectivity index (χ4v) is 5.87. The zero-order chi connectivity index (χ0) is 20.7. The van der Waals surface area contributed by atoms with Gasteiger partial charge in [0.2, 0.25) is 0 Å². The van der Waals surface area contributed by atoms with Gasteiger partial charge in [0.05, 0.1) is 53.3 Å². The summed E-state index contributed by atoms with van der Waals surface area (Å²) in [5, 5.41) is 1.98. The van der Waals surface area contributed by atoms with E-state index in [0.717, 1.165) is 46.2 Å². The van der Waals surface area contributed by atoms with Gasteiger partial charge >= 0.3 is 0 Å². The summed E-state index contributed by atoms with van der Waals surface area (Å²) in [6, 6.07) is 7.52. The van der Waals surface area contributed by atoms with E-state index in [2.05, 4.69) is 6.92 Å². The van der Waals surface area contributed by atoms with Gasteiger partial charge in [-0.2, -0.15) is 0 Å². The molecule has 0 saturated carbocycles. The molecule has 0 heterocycles. The Morgan fingerprint density at radius 2 is 0.893 bits per heavy atom. The molecule has 0 fully saturated rings. The summed E-state index contributed by atoms with van der Waals surface area (Å²) in [4.78, 5) is 0. The molecule has 0 atom stereocenters.